The molecule has 0 atom stereocenters. The van der Waals surface area contributed by atoms with Gasteiger partial charge in [-0.3, -0.25) is 29.6 Å². The van der Waals surface area contributed by atoms with Gasteiger partial charge in [0, 0.05) is 81.4 Å². The number of nitrogens with one attached hydrogen (secondary N) is 2. The second kappa shape index (κ2) is 15.6. The van der Waals surface area contributed by atoms with Crippen molar-refractivity contribution in [1.29, 1.82) is 5.26 Å². The number of fused-ring (bicyclic) bond motifs is 2. The molecule has 1 spiro atoms. The Morgan fingerprint density at radius 3 is 2.61 bits per heavy atom. The number of carbonyl (C=O) groups is 2. The lowest BCUT2D eigenvalue weighted by Gasteiger charge is -2.61. The number of amides is 3. The van der Waals surface area contributed by atoms with Crippen LogP contribution < -0.4 is 19.7 Å². The minimum absolute atomic E-state index is 0.0239. The van der Waals surface area contributed by atoms with E-state index in [1.54, 1.807) is 41.3 Å². The average molecular weight is 823 g/mol. The van der Waals surface area contributed by atoms with Crippen molar-refractivity contribution >= 4 is 57.5 Å². The third kappa shape index (κ3) is 7.43. The Morgan fingerprint density at radius 1 is 1.07 bits per heavy atom. The fraction of sp³-hybridized carbons (Fsp3) is 0.429. The van der Waals surface area contributed by atoms with E-state index in [0.29, 0.717) is 57.7 Å². The molecule has 3 amide bonds. The van der Waals surface area contributed by atoms with Crippen LogP contribution in [0.25, 0.3) is 21.9 Å². The number of likely N-dealkylation sites (N-methyl/N-ethyl adjacent to an activating group) is 1. The summed E-state index contributed by atoms with van der Waals surface area (Å²) in [6.45, 7) is 2.67. The Kier molecular flexibility index (Phi) is 10.4. The van der Waals surface area contributed by atoms with Crippen LogP contribution in [0.3, 0.4) is 0 Å². The fourth-order valence-electron chi connectivity index (χ4n) is 9.38. The second-order valence-corrected chi connectivity index (χ2v) is 17.3. The number of aliphatic hydroxyl groups excluding tert-OH is 1. The summed E-state index contributed by atoms with van der Waals surface area (Å²) in [5.41, 5.74) is 4.38. The van der Waals surface area contributed by atoms with E-state index < -0.39 is 11.8 Å². The fourth-order valence-corrected chi connectivity index (χ4v) is 9.98. The van der Waals surface area contributed by atoms with Crippen molar-refractivity contribution in [3.8, 4) is 17.6 Å². The van der Waals surface area contributed by atoms with Crippen LogP contribution >= 0.6 is 12.1 Å². The first-order chi connectivity index (χ1) is 28.5. The summed E-state index contributed by atoms with van der Waals surface area (Å²) in [6.07, 6.45) is 7.88. The molecule has 4 fully saturated rings. The molecule has 14 nitrogen and oxygen atoms in total. The van der Waals surface area contributed by atoms with Gasteiger partial charge in [0.25, 0.3) is 0 Å². The maximum atomic E-state index is 15.7. The number of urea groups is 1. The number of anilines is 2. The Bertz CT molecular complexity index is 2510. The van der Waals surface area contributed by atoms with Crippen LogP contribution in [0.15, 0.2) is 48.7 Å². The molecular formula is C42H44F2N10O4S. The van der Waals surface area contributed by atoms with Gasteiger partial charge in [0.15, 0.2) is 17.4 Å². The molecule has 3 N–H and O–H groups in total. The number of hydrogen-bond acceptors (Lipinski definition) is 12. The topological polar surface area (TPSA) is 165 Å². The molecule has 2 saturated heterocycles. The summed E-state index contributed by atoms with van der Waals surface area (Å²) in [4.78, 5) is 37.8. The molecule has 2 aliphatic carbocycles. The number of aromatic nitrogens is 4. The summed E-state index contributed by atoms with van der Waals surface area (Å²) in [5.74, 6) is -0.368. The lowest BCUT2D eigenvalue weighted by Crippen LogP contribution is -2.64. The highest BCUT2D eigenvalue weighted by Gasteiger charge is 2.54. The number of carbonyl (C=O) groups excluding carboxylic acids is 2. The zero-order valence-corrected chi connectivity index (χ0v) is 33.6. The first-order valence-corrected chi connectivity index (χ1v) is 20.7. The van der Waals surface area contributed by atoms with Crippen molar-refractivity contribution in [2.24, 2.45) is 12.5 Å². The zero-order valence-electron chi connectivity index (χ0n) is 32.7. The third-order valence-corrected chi connectivity index (χ3v) is 13.3. The van der Waals surface area contributed by atoms with Crippen molar-refractivity contribution in [3.63, 3.8) is 0 Å². The number of imide groups is 1. The van der Waals surface area contributed by atoms with Crippen molar-refractivity contribution in [3.05, 3.63) is 77.1 Å². The molecule has 2 aliphatic heterocycles. The van der Waals surface area contributed by atoms with Gasteiger partial charge in [0.05, 0.1) is 34.5 Å². The summed E-state index contributed by atoms with van der Waals surface area (Å²) in [7, 11) is 3.57. The van der Waals surface area contributed by atoms with E-state index in [9.17, 15) is 20.0 Å². The predicted molar refractivity (Wildman–Crippen MR) is 219 cm³/mol. The summed E-state index contributed by atoms with van der Waals surface area (Å²) in [6, 6.07) is 13.3. The van der Waals surface area contributed by atoms with E-state index in [1.165, 1.54) is 35.2 Å². The molecule has 306 valence electrons. The molecule has 0 bridgehead atoms. The van der Waals surface area contributed by atoms with Gasteiger partial charge in [0.1, 0.15) is 23.2 Å². The number of nitriles is 1. The monoisotopic (exact) mass is 822 g/mol. The van der Waals surface area contributed by atoms with Gasteiger partial charge < -0.3 is 14.6 Å². The van der Waals surface area contributed by atoms with Gasteiger partial charge in [-0.25, -0.2) is 22.9 Å². The van der Waals surface area contributed by atoms with Gasteiger partial charge in [-0.2, -0.15) is 10.4 Å². The summed E-state index contributed by atoms with van der Waals surface area (Å²) in [5, 5.41) is 26.5. The van der Waals surface area contributed by atoms with Gasteiger partial charge in [-0.05, 0) is 98.9 Å². The average Bonchev–Trinajstić information content (AvgIpc) is 3.50. The molecule has 0 unspecified atom stereocenters. The molecule has 9 rings (SSSR count). The van der Waals surface area contributed by atoms with E-state index in [0.717, 1.165) is 62.8 Å². The first kappa shape index (κ1) is 39.1. The van der Waals surface area contributed by atoms with Gasteiger partial charge in [0.2, 0.25) is 5.91 Å². The van der Waals surface area contributed by atoms with Crippen molar-refractivity contribution < 1.29 is 28.2 Å². The predicted octanol–water partition coefficient (Wildman–Crippen LogP) is 6.71. The molecule has 17 heteroatoms. The maximum absolute atomic E-state index is 15.7. The molecule has 2 saturated carbocycles. The van der Waals surface area contributed by atoms with Crippen LogP contribution in [-0.2, 0) is 11.8 Å². The molecule has 5 aromatic rings. The van der Waals surface area contributed by atoms with E-state index >= 15 is 8.78 Å². The number of likely N-dealkylation sites (tertiary alicyclic amines) is 1. The molecule has 2 aromatic heterocycles. The SMILES string of the molecule is CN(CCO)SNc1ccc(F)c(Oc2ccc3ncc(C4CC5(C4)CN(C4CCC(c6cc7c(cc6F)c(N6CCC(=O)NC6=O)nn7C)CC4)C5)nc3c2)c1C#N. The zero-order chi connectivity index (χ0) is 41.0. The van der Waals surface area contributed by atoms with Gasteiger partial charge in [-0.1, -0.05) is 0 Å². The van der Waals surface area contributed by atoms with Crippen molar-refractivity contribution in [2.75, 3.05) is 49.5 Å². The Morgan fingerprint density at radius 2 is 1.86 bits per heavy atom. The number of ether oxygens (including phenoxy) is 1. The van der Waals surface area contributed by atoms with Crippen LogP contribution in [0.2, 0.25) is 0 Å². The highest BCUT2D eigenvalue weighted by atomic mass is 32.2. The Labute approximate surface area is 343 Å². The maximum Gasteiger partial charge on any atom is 0.329 e. The smallest absolute Gasteiger partial charge is 0.329 e. The lowest BCUT2D eigenvalue weighted by molar-refractivity contribution is -0.120. The summed E-state index contributed by atoms with van der Waals surface area (Å²) < 4.78 is 43.2. The van der Waals surface area contributed by atoms with Crippen LogP contribution in [-0.4, -0.2) is 91.9 Å². The number of benzene rings is 3. The standard InChI is InChI=1S/C42H44F2N10O4S/c1-51(13-14-55)59-50-33-10-8-31(43)39(30(33)20-45)58-27-7-9-34-35(15-27)47-36(21-46-34)25-18-42(19-25)22-53(23-42)26-5-3-24(4-6-26)28-17-37-29(16-32(28)44)40(49-52(37)2)54-12-11-38(56)48-41(54)57/h7-10,15-17,21,24-26,50,55H,3-6,11-14,18-19,22-23H2,1-2H3,(H,48,56,57). The Balaban J connectivity index is 0.801. The molecule has 59 heavy (non-hydrogen) atoms. The number of halogens is 2. The summed E-state index contributed by atoms with van der Waals surface area (Å²) >= 11 is 1.18. The van der Waals surface area contributed by atoms with Crippen molar-refractivity contribution in [1.82, 2.24) is 34.3 Å². The van der Waals surface area contributed by atoms with Gasteiger partial charge >= 0.3 is 6.03 Å². The van der Waals surface area contributed by atoms with E-state index in [2.05, 4.69) is 31.1 Å². The van der Waals surface area contributed by atoms with Crippen LogP contribution in [0.1, 0.15) is 73.6 Å². The largest absolute Gasteiger partial charge is 0.453 e. The van der Waals surface area contributed by atoms with Crippen LogP contribution in [0, 0.1) is 28.4 Å². The molecule has 0 radical (unpaired) electrons. The van der Waals surface area contributed by atoms with E-state index in [1.807, 2.05) is 12.3 Å². The van der Waals surface area contributed by atoms with Crippen LogP contribution in [0.4, 0.5) is 25.1 Å². The van der Waals surface area contributed by atoms with Crippen LogP contribution in [0.5, 0.6) is 11.5 Å². The highest BCUT2D eigenvalue weighted by Crippen LogP contribution is 2.57. The number of nitrogens with zero attached hydrogens (tertiary/aromatic N) is 8. The first-order valence-electron chi connectivity index (χ1n) is 19.9. The number of hydrogen-bond donors (Lipinski definition) is 3. The molecular weight excluding hydrogens is 779 g/mol. The molecule has 4 heterocycles. The quantitative estimate of drug-likeness (QED) is 0.121. The molecule has 4 aliphatic rings. The minimum Gasteiger partial charge on any atom is -0.453 e. The van der Waals surface area contributed by atoms with E-state index in [4.69, 9.17) is 9.72 Å². The lowest BCUT2D eigenvalue weighted by atomic mass is 9.56. The second-order valence-electron chi connectivity index (χ2n) is 16.3. The van der Waals surface area contributed by atoms with Crippen molar-refractivity contribution in [2.45, 2.75) is 62.8 Å². The highest BCUT2D eigenvalue weighted by molar-refractivity contribution is 7.98. The number of rotatable bonds is 11. The molecule has 3 aromatic carbocycles. The third-order valence-electron chi connectivity index (χ3n) is 12.5. The number of aliphatic hydroxyl groups is 1. The minimum atomic E-state index is -0.665. The number of aryl methyl sites for hydroxylation is 1. The normalized spacial score (nSPS) is 20.8. The van der Waals surface area contributed by atoms with E-state index in [-0.39, 0.29) is 53.9 Å². The van der Waals surface area contributed by atoms with Gasteiger partial charge in [-0.15, -0.1) is 0 Å². The Hall–Kier alpha value is -5.41.